The van der Waals surface area contributed by atoms with Gasteiger partial charge in [0.25, 0.3) is 10.0 Å². The molecule has 0 aliphatic heterocycles. The number of hydrogen-bond acceptors (Lipinski definition) is 6. The molecule has 1 atom stereocenters. The van der Waals surface area contributed by atoms with E-state index in [0.29, 0.717) is 17.1 Å². The number of aryl methyl sites for hydroxylation is 2. The highest BCUT2D eigenvalue weighted by Gasteiger charge is 2.17. The van der Waals surface area contributed by atoms with Crippen LogP contribution in [0.4, 0.5) is 11.6 Å². The Morgan fingerprint density at radius 3 is 2.23 bits per heavy atom. The fourth-order valence-corrected chi connectivity index (χ4v) is 4.57. The highest BCUT2D eigenvalue weighted by molar-refractivity contribution is 7.99. The van der Waals surface area contributed by atoms with E-state index in [1.54, 1.807) is 32.0 Å². The average Bonchev–Trinajstić information content (AvgIpc) is 2.72. The Balaban J connectivity index is 1.60. The van der Waals surface area contributed by atoms with Gasteiger partial charge in [-0.25, -0.2) is 23.1 Å². The molecule has 9 heteroatoms. The Morgan fingerprint density at radius 2 is 1.61 bits per heavy atom. The molecule has 1 amide bonds. The summed E-state index contributed by atoms with van der Waals surface area (Å²) >= 11 is 1.54. The molecule has 162 valence electrons. The van der Waals surface area contributed by atoms with E-state index in [0.717, 1.165) is 11.3 Å². The number of rotatable bonds is 8. The van der Waals surface area contributed by atoms with Crippen LogP contribution in [0.15, 0.2) is 65.6 Å². The van der Waals surface area contributed by atoms with Crippen LogP contribution in [0.3, 0.4) is 0 Å². The Morgan fingerprint density at radius 1 is 1.00 bits per heavy atom. The van der Waals surface area contributed by atoms with Crippen LogP contribution in [-0.2, 0) is 20.6 Å². The van der Waals surface area contributed by atoms with E-state index < -0.39 is 10.0 Å². The largest absolute Gasteiger partial charge is 0.325 e. The van der Waals surface area contributed by atoms with Crippen molar-refractivity contribution in [3.8, 4) is 0 Å². The lowest BCUT2D eigenvalue weighted by Crippen LogP contribution is -2.22. The second-order valence-electron chi connectivity index (χ2n) is 7.03. The molecule has 0 saturated carbocycles. The summed E-state index contributed by atoms with van der Waals surface area (Å²) < 4.78 is 27.6. The molecule has 7 nitrogen and oxygen atoms in total. The van der Waals surface area contributed by atoms with Crippen LogP contribution in [0.1, 0.15) is 23.9 Å². The number of sulfonamides is 1. The molecule has 0 bridgehead atoms. The summed E-state index contributed by atoms with van der Waals surface area (Å²) in [5.41, 5.74) is 3.02. The molecule has 31 heavy (non-hydrogen) atoms. The number of amides is 1. The molecule has 2 aromatic carbocycles. The predicted octanol–water partition coefficient (Wildman–Crippen LogP) is 4.15. The highest BCUT2D eigenvalue weighted by atomic mass is 32.2. The maximum absolute atomic E-state index is 12.6. The van der Waals surface area contributed by atoms with Crippen molar-refractivity contribution >= 4 is 39.3 Å². The summed E-state index contributed by atoms with van der Waals surface area (Å²) in [6, 6.07) is 17.7. The van der Waals surface area contributed by atoms with Crippen molar-refractivity contribution in [3.05, 3.63) is 77.6 Å². The monoisotopic (exact) mass is 456 g/mol. The first-order valence-corrected chi connectivity index (χ1v) is 12.2. The summed E-state index contributed by atoms with van der Waals surface area (Å²) in [6.07, 6.45) is 0. The Hall–Kier alpha value is -2.91. The van der Waals surface area contributed by atoms with E-state index in [2.05, 4.69) is 20.0 Å². The molecule has 1 aromatic heterocycles. The Bertz CT molecular complexity index is 1130. The second kappa shape index (κ2) is 9.93. The number of aromatic nitrogens is 2. The average molecular weight is 457 g/mol. The van der Waals surface area contributed by atoms with Gasteiger partial charge in [0.15, 0.2) is 0 Å². The SMILES string of the molecule is Cc1cc(C)nc(NS(=O)(=O)c2ccc(NC(=O)C(C)SCc3ccccc3)cc2)n1. The molecule has 0 fully saturated rings. The van der Waals surface area contributed by atoms with Gasteiger partial charge in [-0.05, 0) is 56.7 Å². The molecule has 0 saturated heterocycles. The van der Waals surface area contributed by atoms with E-state index in [1.165, 1.54) is 23.9 Å². The highest BCUT2D eigenvalue weighted by Crippen LogP contribution is 2.21. The first kappa shape index (κ1) is 22.8. The van der Waals surface area contributed by atoms with Crippen molar-refractivity contribution in [1.29, 1.82) is 0 Å². The van der Waals surface area contributed by atoms with Gasteiger partial charge in [0.2, 0.25) is 11.9 Å². The first-order chi connectivity index (χ1) is 14.7. The van der Waals surface area contributed by atoms with Gasteiger partial charge in [-0.1, -0.05) is 30.3 Å². The molecular weight excluding hydrogens is 432 g/mol. The van der Waals surface area contributed by atoms with Gasteiger partial charge >= 0.3 is 0 Å². The zero-order valence-corrected chi connectivity index (χ0v) is 19.1. The lowest BCUT2D eigenvalue weighted by molar-refractivity contribution is -0.115. The number of hydrogen-bond donors (Lipinski definition) is 2. The van der Waals surface area contributed by atoms with Crippen LogP contribution < -0.4 is 10.0 Å². The summed E-state index contributed by atoms with van der Waals surface area (Å²) in [5.74, 6) is 0.621. The van der Waals surface area contributed by atoms with Crippen molar-refractivity contribution in [2.75, 3.05) is 10.0 Å². The van der Waals surface area contributed by atoms with Crippen LogP contribution >= 0.6 is 11.8 Å². The van der Waals surface area contributed by atoms with E-state index >= 15 is 0 Å². The molecule has 1 heterocycles. The van der Waals surface area contributed by atoms with Gasteiger partial charge in [-0.3, -0.25) is 4.79 Å². The van der Waals surface area contributed by atoms with Gasteiger partial charge in [-0.15, -0.1) is 11.8 Å². The molecule has 0 aliphatic rings. The summed E-state index contributed by atoms with van der Waals surface area (Å²) in [7, 11) is -3.84. The fourth-order valence-electron chi connectivity index (χ4n) is 2.78. The minimum absolute atomic E-state index is 0.0270. The number of benzene rings is 2. The van der Waals surface area contributed by atoms with Crippen molar-refractivity contribution in [2.24, 2.45) is 0 Å². The van der Waals surface area contributed by atoms with Gasteiger partial charge < -0.3 is 5.32 Å². The minimum Gasteiger partial charge on any atom is -0.325 e. The maximum Gasteiger partial charge on any atom is 0.264 e. The number of nitrogens with one attached hydrogen (secondary N) is 2. The van der Waals surface area contributed by atoms with Gasteiger partial charge in [-0.2, -0.15) is 0 Å². The molecule has 2 N–H and O–H groups in total. The zero-order valence-electron chi connectivity index (χ0n) is 17.5. The molecule has 3 rings (SSSR count). The third-order valence-corrected chi connectivity index (χ3v) is 6.91. The Kier molecular flexibility index (Phi) is 7.29. The molecular formula is C22H24N4O3S2. The van der Waals surface area contributed by atoms with E-state index in [9.17, 15) is 13.2 Å². The number of thioether (sulfide) groups is 1. The summed E-state index contributed by atoms with van der Waals surface area (Å²) in [6.45, 7) is 5.38. The lowest BCUT2D eigenvalue weighted by atomic mass is 10.2. The standard InChI is InChI=1S/C22H24N4O3S2/c1-15-13-16(2)24-22(23-15)26-31(28,29)20-11-9-19(10-12-20)25-21(27)17(3)30-14-18-7-5-4-6-8-18/h4-13,17H,14H2,1-3H3,(H,25,27)(H,23,24,26). The van der Waals surface area contributed by atoms with E-state index in [-0.39, 0.29) is 22.0 Å². The van der Waals surface area contributed by atoms with E-state index in [4.69, 9.17) is 0 Å². The lowest BCUT2D eigenvalue weighted by Gasteiger charge is -2.13. The normalized spacial score (nSPS) is 12.2. The molecule has 3 aromatic rings. The van der Waals surface area contributed by atoms with Crippen LogP contribution in [0.5, 0.6) is 0 Å². The van der Waals surface area contributed by atoms with Crippen molar-refractivity contribution < 1.29 is 13.2 Å². The van der Waals surface area contributed by atoms with Crippen molar-refractivity contribution in [1.82, 2.24) is 9.97 Å². The van der Waals surface area contributed by atoms with E-state index in [1.807, 2.05) is 37.3 Å². The molecule has 0 spiro atoms. The quantitative estimate of drug-likeness (QED) is 0.528. The molecule has 1 unspecified atom stereocenters. The van der Waals surface area contributed by atoms with Gasteiger partial charge in [0.05, 0.1) is 10.1 Å². The third-order valence-electron chi connectivity index (χ3n) is 4.35. The van der Waals surface area contributed by atoms with Crippen LogP contribution in [0.2, 0.25) is 0 Å². The third kappa shape index (κ3) is 6.53. The summed E-state index contributed by atoms with van der Waals surface area (Å²) in [5, 5.41) is 2.56. The minimum atomic E-state index is -3.84. The second-order valence-corrected chi connectivity index (χ2v) is 10.0. The Labute approximate surface area is 186 Å². The molecule has 0 radical (unpaired) electrons. The smallest absolute Gasteiger partial charge is 0.264 e. The number of anilines is 2. The summed E-state index contributed by atoms with van der Waals surface area (Å²) in [4.78, 5) is 20.7. The van der Waals surface area contributed by atoms with Crippen molar-refractivity contribution in [3.63, 3.8) is 0 Å². The maximum atomic E-state index is 12.6. The van der Waals surface area contributed by atoms with Crippen LogP contribution in [0.25, 0.3) is 0 Å². The van der Waals surface area contributed by atoms with Gasteiger partial charge in [0.1, 0.15) is 0 Å². The zero-order chi connectivity index (χ0) is 22.4. The number of nitrogens with zero attached hydrogens (tertiary/aromatic N) is 2. The number of carbonyl (C=O) groups is 1. The predicted molar refractivity (Wildman–Crippen MR) is 125 cm³/mol. The number of carbonyl (C=O) groups excluding carboxylic acids is 1. The van der Waals surface area contributed by atoms with Crippen LogP contribution in [-0.4, -0.2) is 29.5 Å². The van der Waals surface area contributed by atoms with Crippen LogP contribution in [0, 0.1) is 13.8 Å². The van der Waals surface area contributed by atoms with Crippen molar-refractivity contribution in [2.45, 2.75) is 36.7 Å². The topological polar surface area (TPSA) is 101 Å². The first-order valence-electron chi connectivity index (χ1n) is 9.64. The van der Waals surface area contributed by atoms with Gasteiger partial charge in [0, 0.05) is 22.8 Å². The molecule has 0 aliphatic carbocycles. The fraction of sp³-hybridized carbons (Fsp3) is 0.227.